The van der Waals surface area contributed by atoms with Crippen LogP contribution in [0.3, 0.4) is 0 Å². The van der Waals surface area contributed by atoms with Crippen LogP contribution in [0.25, 0.3) is 0 Å². The third-order valence-corrected chi connectivity index (χ3v) is 8.19. The van der Waals surface area contributed by atoms with Crippen LogP contribution in [0, 0.1) is 0 Å². The van der Waals surface area contributed by atoms with Gasteiger partial charge in [-0.2, -0.15) is 0 Å². The average molecular weight is 667 g/mol. The van der Waals surface area contributed by atoms with Gasteiger partial charge in [-0.15, -0.1) is 0 Å². The van der Waals surface area contributed by atoms with Gasteiger partial charge < -0.3 is 105 Å². The standard InChI is InChI=1S/C24H42O21/c25-1-5-9(28)13(32)15(34)22(41-5)39-4-8-10(29)14(33)16(35)23(43-8)45-20-12(31)7(3-27)42-24(18(20)37)44-19-11(30)6(2-26)40-21(38)17(19)36/h5-38H,1-4H2/t5-,6-,7-,8-,9-,10-,11-,12-,13+,14+,15-,16-,17-,18-,19+,20+,21?,22-,23+,24+/m1/s1. The van der Waals surface area contributed by atoms with Crippen molar-refractivity contribution in [3.8, 4) is 0 Å². The molecule has 4 heterocycles. The van der Waals surface area contributed by atoms with Crippen LogP contribution in [0.5, 0.6) is 0 Å². The normalized spacial score (nSPS) is 52.9. The van der Waals surface area contributed by atoms with Crippen molar-refractivity contribution in [1.29, 1.82) is 0 Å². The fourth-order valence-electron chi connectivity index (χ4n) is 5.43. The van der Waals surface area contributed by atoms with Crippen LogP contribution < -0.4 is 0 Å². The van der Waals surface area contributed by atoms with Gasteiger partial charge in [0, 0.05) is 0 Å². The molecule has 4 aliphatic heterocycles. The number of ether oxygens (including phenoxy) is 7. The third-order valence-electron chi connectivity index (χ3n) is 8.19. The van der Waals surface area contributed by atoms with Gasteiger partial charge in [0.25, 0.3) is 0 Å². The van der Waals surface area contributed by atoms with E-state index >= 15 is 0 Å². The number of hydrogen-bond acceptors (Lipinski definition) is 21. The monoisotopic (exact) mass is 666 g/mol. The number of aliphatic hydroxyl groups excluding tert-OH is 14. The largest absolute Gasteiger partial charge is 0.394 e. The first kappa shape index (κ1) is 37.0. The third kappa shape index (κ3) is 7.59. The average Bonchev–Trinajstić information content (AvgIpc) is 3.02. The summed E-state index contributed by atoms with van der Waals surface area (Å²) < 4.78 is 37.3. The molecule has 4 fully saturated rings. The molecule has 4 saturated heterocycles. The van der Waals surface area contributed by atoms with Crippen molar-refractivity contribution in [3.05, 3.63) is 0 Å². The minimum absolute atomic E-state index is 0.703. The van der Waals surface area contributed by atoms with Crippen LogP contribution in [0.4, 0.5) is 0 Å². The molecular weight excluding hydrogens is 624 g/mol. The van der Waals surface area contributed by atoms with E-state index in [2.05, 4.69) is 0 Å². The molecule has 20 atom stereocenters. The van der Waals surface area contributed by atoms with Crippen LogP contribution >= 0.6 is 0 Å². The molecule has 0 spiro atoms. The Morgan fingerprint density at radius 3 is 1.33 bits per heavy atom. The van der Waals surface area contributed by atoms with Crippen molar-refractivity contribution in [2.45, 2.75) is 123 Å². The van der Waals surface area contributed by atoms with Crippen LogP contribution in [0.2, 0.25) is 0 Å². The first-order chi connectivity index (χ1) is 21.2. The van der Waals surface area contributed by atoms with E-state index in [9.17, 15) is 71.5 Å². The highest BCUT2D eigenvalue weighted by molar-refractivity contribution is 4.97. The van der Waals surface area contributed by atoms with Gasteiger partial charge >= 0.3 is 0 Å². The predicted octanol–water partition coefficient (Wildman–Crippen LogP) is -9.75. The van der Waals surface area contributed by atoms with Crippen molar-refractivity contribution >= 4 is 0 Å². The smallest absolute Gasteiger partial charge is 0.187 e. The van der Waals surface area contributed by atoms with Gasteiger partial charge in [0.05, 0.1) is 26.4 Å². The minimum Gasteiger partial charge on any atom is -0.394 e. The van der Waals surface area contributed by atoms with E-state index in [1.165, 1.54) is 0 Å². The number of rotatable bonds is 10. The van der Waals surface area contributed by atoms with Gasteiger partial charge in [-0.05, 0) is 0 Å². The summed E-state index contributed by atoms with van der Waals surface area (Å²) in [6.07, 6.45) is -35.5. The maximum Gasteiger partial charge on any atom is 0.187 e. The molecular formula is C24H42O21. The van der Waals surface area contributed by atoms with E-state index in [0.29, 0.717) is 0 Å². The maximum absolute atomic E-state index is 11.0. The zero-order chi connectivity index (χ0) is 33.3. The molecule has 0 aromatic heterocycles. The van der Waals surface area contributed by atoms with Crippen molar-refractivity contribution in [1.82, 2.24) is 0 Å². The Hall–Kier alpha value is -0.840. The summed E-state index contributed by atoms with van der Waals surface area (Å²) in [6, 6.07) is 0. The van der Waals surface area contributed by atoms with E-state index in [1.54, 1.807) is 0 Å². The Balaban J connectivity index is 1.46. The SMILES string of the molecule is OC[C@H]1O[C@@H](OC[C@H]2O[C@@H](O[C@@H]3[C@@H](O)[C@H](O[C@H]4[C@H](O)[C@@H](CO)OC(O)[C@@H]4O)O[C@H](CO)[C@H]3O)[C@H](O)[C@@H](O)[C@@H]2O)[C@H](O)[C@@H](O)[C@@H]1O. The summed E-state index contributed by atoms with van der Waals surface area (Å²) in [7, 11) is 0. The Bertz CT molecular complexity index is 916. The Labute approximate surface area is 254 Å². The van der Waals surface area contributed by atoms with E-state index < -0.39 is 149 Å². The molecule has 14 N–H and O–H groups in total. The quantitative estimate of drug-likeness (QED) is 0.103. The van der Waals surface area contributed by atoms with Gasteiger partial charge in [-0.25, -0.2) is 0 Å². The second kappa shape index (κ2) is 15.6. The van der Waals surface area contributed by atoms with Crippen LogP contribution in [0.15, 0.2) is 0 Å². The van der Waals surface area contributed by atoms with Gasteiger partial charge in [0.15, 0.2) is 25.2 Å². The summed E-state index contributed by atoms with van der Waals surface area (Å²) in [5.41, 5.74) is 0. The lowest BCUT2D eigenvalue weighted by molar-refractivity contribution is -0.381. The summed E-state index contributed by atoms with van der Waals surface area (Å²) in [6.45, 7) is -3.14. The molecule has 4 rings (SSSR count). The summed E-state index contributed by atoms with van der Waals surface area (Å²) in [4.78, 5) is 0. The minimum atomic E-state index is -2.03. The molecule has 1 unspecified atom stereocenters. The Morgan fingerprint density at radius 1 is 0.378 bits per heavy atom. The van der Waals surface area contributed by atoms with E-state index in [0.717, 1.165) is 0 Å². The zero-order valence-corrected chi connectivity index (χ0v) is 23.5. The van der Waals surface area contributed by atoms with Crippen LogP contribution in [0.1, 0.15) is 0 Å². The number of hydrogen-bond donors (Lipinski definition) is 14. The topological polar surface area (TPSA) is 348 Å². The van der Waals surface area contributed by atoms with Gasteiger partial charge in [-0.1, -0.05) is 0 Å². The van der Waals surface area contributed by atoms with Crippen molar-refractivity contribution < 1.29 is 105 Å². The highest BCUT2D eigenvalue weighted by Crippen LogP contribution is 2.33. The van der Waals surface area contributed by atoms with E-state index in [1.807, 2.05) is 0 Å². The van der Waals surface area contributed by atoms with E-state index in [-0.39, 0.29) is 0 Å². The maximum atomic E-state index is 11.0. The molecule has 0 aromatic carbocycles. The summed E-state index contributed by atoms with van der Waals surface area (Å²) >= 11 is 0. The molecule has 0 saturated carbocycles. The second-order valence-electron chi connectivity index (χ2n) is 11.2. The molecule has 0 amide bonds. The lowest BCUT2D eigenvalue weighted by Gasteiger charge is -2.48. The fourth-order valence-corrected chi connectivity index (χ4v) is 5.43. The lowest BCUT2D eigenvalue weighted by Crippen LogP contribution is -2.67. The van der Waals surface area contributed by atoms with E-state index in [4.69, 9.17) is 33.2 Å². The molecule has 45 heavy (non-hydrogen) atoms. The molecule has 21 heteroatoms. The summed E-state index contributed by atoms with van der Waals surface area (Å²) in [5, 5.41) is 142. The Kier molecular flexibility index (Phi) is 12.8. The summed E-state index contributed by atoms with van der Waals surface area (Å²) in [5.74, 6) is 0. The highest BCUT2D eigenvalue weighted by atomic mass is 16.8. The van der Waals surface area contributed by atoms with Crippen LogP contribution in [-0.4, -0.2) is 221 Å². The number of aliphatic hydroxyl groups is 14. The molecule has 0 radical (unpaired) electrons. The van der Waals surface area contributed by atoms with Crippen molar-refractivity contribution in [3.63, 3.8) is 0 Å². The van der Waals surface area contributed by atoms with Gasteiger partial charge in [0.1, 0.15) is 97.7 Å². The molecule has 4 aliphatic rings. The first-order valence-electron chi connectivity index (χ1n) is 14.1. The second-order valence-corrected chi connectivity index (χ2v) is 11.2. The lowest BCUT2D eigenvalue weighted by atomic mass is 9.96. The van der Waals surface area contributed by atoms with Crippen LogP contribution in [-0.2, 0) is 33.2 Å². The molecule has 21 nitrogen and oxygen atoms in total. The fraction of sp³-hybridized carbons (Fsp3) is 1.00. The first-order valence-corrected chi connectivity index (χ1v) is 14.1. The zero-order valence-electron chi connectivity index (χ0n) is 23.5. The molecule has 0 aromatic rings. The molecule has 0 aliphatic carbocycles. The van der Waals surface area contributed by atoms with Crippen molar-refractivity contribution in [2.75, 3.05) is 26.4 Å². The molecule has 264 valence electrons. The van der Waals surface area contributed by atoms with Crippen molar-refractivity contribution in [2.24, 2.45) is 0 Å². The Morgan fingerprint density at radius 2 is 0.778 bits per heavy atom. The van der Waals surface area contributed by atoms with Gasteiger partial charge in [0.2, 0.25) is 0 Å². The predicted molar refractivity (Wildman–Crippen MR) is 134 cm³/mol. The van der Waals surface area contributed by atoms with Gasteiger partial charge in [-0.3, -0.25) is 0 Å². The highest BCUT2D eigenvalue weighted by Gasteiger charge is 2.54. The molecule has 0 bridgehead atoms.